The van der Waals surface area contributed by atoms with Crippen LogP contribution in [0.3, 0.4) is 0 Å². The Morgan fingerprint density at radius 2 is 2.05 bits per heavy atom. The van der Waals surface area contributed by atoms with Gasteiger partial charge in [-0.05, 0) is 25.8 Å². The normalized spacial score (nSPS) is 15.6. The van der Waals surface area contributed by atoms with Gasteiger partial charge < -0.3 is 4.57 Å². The molecule has 2 aromatic rings. The van der Waals surface area contributed by atoms with Crippen LogP contribution in [0.2, 0.25) is 0 Å². The summed E-state index contributed by atoms with van der Waals surface area (Å²) in [5, 5.41) is 12.2. The topological polar surface area (TPSA) is 48.5 Å². The first kappa shape index (κ1) is 12.3. The Balaban J connectivity index is 2.03. The summed E-state index contributed by atoms with van der Waals surface area (Å²) in [5.41, 5.74) is 0.898. The van der Waals surface area contributed by atoms with Crippen molar-refractivity contribution in [3.8, 4) is 11.5 Å². The number of halogens is 2. The molecule has 1 aliphatic rings. The molecule has 0 saturated heterocycles. The second kappa shape index (κ2) is 4.71. The van der Waals surface area contributed by atoms with Crippen molar-refractivity contribution in [2.45, 2.75) is 45.7 Å². The van der Waals surface area contributed by atoms with Gasteiger partial charge in [0.15, 0.2) is 5.82 Å². The molecular weight excluding hydrogens is 252 g/mol. The molecule has 3 rings (SSSR count). The first-order valence-electron chi connectivity index (χ1n) is 6.43. The van der Waals surface area contributed by atoms with E-state index in [9.17, 15) is 8.78 Å². The van der Waals surface area contributed by atoms with Crippen LogP contribution in [0, 0.1) is 6.92 Å². The molecule has 0 atom stereocenters. The zero-order chi connectivity index (χ0) is 13.4. The molecule has 3 heterocycles. The minimum atomic E-state index is -2.62. The summed E-state index contributed by atoms with van der Waals surface area (Å²) in [5.74, 6) is 1.52. The van der Waals surface area contributed by atoms with Gasteiger partial charge in [0.25, 0.3) is 0 Å². The second-order valence-corrected chi connectivity index (χ2v) is 4.80. The van der Waals surface area contributed by atoms with Crippen LogP contribution in [-0.2, 0) is 13.0 Å². The third-order valence-electron chi connectivity index (χ3n) is 3.45. The Kier molecular flexibility index (Phi) is 3.04. The molecule has 0 aliphatic carbocycles. The number of alkyl halides is 2. The highest BCUT2D eigenvalue weighted by Crippen LogP contribution is 2.24. The Morgan fingerprint density at radius 3 is 2.79 bits per heavy atom. The van der Waals surface area contributed by atoms with E-state index in [1.165, 1.54) is 0 Å². The first-order valence-corrected chi connectivity index (χ1v) is 6.43. The molecule has 19 heavy (non-hydrogen) atoms. The Bertz CT molecular complexity index is 587. The van der Waals surface area contributed by atoms with Crippen molar-refractivity contribution >= 4 is 0 Å². The van der Waals surface area contributed by atoms with Crippen molar-refractivity contribution < 1.29 is 8.78 Å². The van der Waals surface area contributed by atoms with E-state index >= 15 is 0 Å². The molecule has 0 fully saturated rings. The number of aryl methyl sites for hydroxylation is 2. The number of aromatic nitrogens is 5. The molecule has 2 aromatic heterocycles. The lowest BCUT2D eigenvalue weighted by molar-refractivity contribution is 0.0546. The van der Waals surface area contributed by atoms with Gasteiger partial charge in [-0.25, -0.2) is 4.68 Å². The van der Waals surface area contributed by atoms with E-state index in [0.29, 0.717) is 21.9 Å². The van der Waals surface area contributed by atoms with E-state index in [-0.39, 0.29) is 0 Å². The van der Waals surface area contributed by atoms with Gasteiger partial charge in [0.2, 0.25) is 0 Å². The molecule has 0 spiro atoms. The predicted octanol–water partition coefficient (Wildman–Crippen LogP) is 2.57. The lowest BCUT2D eigenvalue weighted by Crippen LogP contribution is -2.05. The number of fused-ring (bicyclic) bond motifs is 1. The monoisotopic (exact) mass is 267 g/mol. The summed E-state index contributed by atoms with van der Waals surface area (Å²) in [4.78, 5) is 0. The van der Waals surface area contributed by atoms with E-state index in [0.717, 1.165) is 38.1 Å². The number of hydrogen-bond donors (Lipinski definition) is 0. The average Bonchev–Trinajstić information content (AvgIpc) is 2.86. The van der Waals surface area contributed by atoms with Gasteiger partial charge in [0.05, 0.1) is 0 Å². The molecular formula is C12H15F2N5. The fraction of sp³-hybridized carbons (Fsp3) is 0.583. The first-order chi connectivity index (χ1) is 9.16. The maximum atomic E-state index is 12.7. The van der Waals surface area contributed by atoms with Gasteiger partial charge >= 0.3 is 6.55 Å². The molecule has 7 heteroatoms. The van der Waals surface area contributed by atoms with Gasteiger partial charge in [0, 0.05) is 18.7 Å². The molecule has 0 bridgehead atoms. The highest BCUT2D eigenvalue weighted by molar-refractivity contribution is 5.50. The minimum absolute atomic E-state index is 0.427. The molecule has 1 aliphatic heterocycles. The highest BCUT2D eigenvalue weighted by Gasteiger charge is 2.20. The van der Waals surface area contributed by atoms with Crippen molar-refractivity contribution in [3.63, 3.8) is 0 Å². The van der Waals surface area contributed by atoms with E-state index in [1.54, 1.807) is 13.0 Å². The number of hydrogen-bond acceptors (Lipinski definition) is 3. The van der Waals surface area contributed by atoms with Crippen LogP contribution >= 0.6 is 0 Å². The molecule has 0 saturated carbocycles. The second-order valence-electron chi connectivity index (χ2n) is 4.80. The Hall–Kier alpha value is -1.79. The molecule has 0 radical (unpaired) electrons. The molecule has 0 N–H and O–H groups in total. The summed E-state index contributed by atoms with van der Waals surface area (Å²) in [6, 6.07) is 1.63. The number of nitrogens with zero attached hydrogens (tertiary/aromatic N) is 5. The maximum Gasteiger partial charge on any atom is 0.333 e. The van der Waals surface area contributed by atoms with Crippen molar-refractivity contribution in [2.24, 2.45) is 0 Å². The lowest BCUT2D eigenvalue weighted by atomic mass is 10.2. The van der Waals surface area contributed by atoms with Crippen LogP contribution in [0.5, 0.6) is 0 Å². The minimum Gasteiger partial charge on any atom is -0.310 e. The zero-order valence-corrected chi connectivity index (χ0v) is 10.7. The van der Waals surface area contributed by atoms with Crippen molar-refractivity contribution in [1.29, 1.82) is 0 Å². The van der Waals surface area contributed by atoms with Crippen molar-refractivity contribution in [2.75, 3.05) is 0 Å². The zero-order valence-electron chi connectivity index (χ0n) is 10.7. The molecule has 0 aromatic carbocycles. The van der Waals surface area contributed by atoms with E-state index < -0.39 is 6.55 Å². The lowest BCUT2D eigenvalue weighted by Gasteiger charge is -2.04. The van der Waals surface area contributed by atoms with Crippen LogP contribution in [0.4, 0.5) is 8.78 Å². The van der Waals surface area contributed by atoms with Crippen molar-refractivity contribution in [1.82, 2.24) is 24.5 Å². The molecule has 102 valence electrons. The van der Waals surface area contributed by atoms with Crippen molar-refractivity contribution in [3.05, 3.63) is 17.6 Å². The van der Waals surface area contributed by atoms with Crippen LogP contribution in [0.1, 0.15) is 37.3 Å². The standard InChI is InChI=1S/C12H15F2N5/c1-8-7-9(17-19(8)12(13)14)11-16-15-10-5-3-2-4-6-18(10)11/h7,12H,2-6H2,1H3. The van der Waals surface area contributed by atoms with Crippen LogP contribution in [0.25, 0.3) is 11.5 Å². The van der Waals surface area contributed by atoms with Gasteiger partial charge in [0.1, 0.15) is 11.5 Å². The van der Waals surface area contributed by atoms with Gasteiger partial charge in [-0.2, -0.15) is 13.9 Å². The van der Waals surface area contributed by atoms with Gasteiger partial charge in [-0.3, -0.25) is 0 Å². The Labute approximate surface area is 109 Å². The summed E-state index contributed by atoms with van der Waals surface area (Å²) < 4.78 is 28.2. The van der Waals surface area contributed by atoms with Crippen LogP contribution < -0.4 is 0 Å². The summed E-state index contributed by atoms with van der Waals surface area (Å²) >= 11 is 0. The van der Waals surface area contributed by atoms with Crippen LogP contribution in [-0.4, -0.2) is 24.5 Å². The highest BCUT2D eigenvalue weighted by atomic mass is 19.3. The van der Waals surface area contributed by atoms with Gasteiger partial charge in [-0.1, -0.05) is 6.42 Å². The summed E-state index contributed by atoms with van der Waals surface area (Å²) in [7, 11) is 0. The maximum absolute atomic E-state index is 12.7. The molecule has 5 nitrogen and oxygen atoms in total. The largest absolute Gasteiger partial charge is 0.333 e. The quantitative estimate of drug-likeness (QED) is 0.840. The van der Waals surface area contributed by atoms with E-state index in [2.05, 4.69) is 15.3 Å². The number of rotatable bonds is 2. The predicted molar refractivity (Wildman–Crippen MR) is 64.8 cm³/mol. The summed E-state index contributed by atoms with van der Waals surface area (Å²) in [6.45, 7) is -0.180. The Morgan fingerprint density at radius 1 is 1.21 bits per heavy atom. The fourth-order valence-electron chi connectivity index (χ4n) is 2.47. The third kappa shape index (κ3) is 2.13. The van der Waals surface area contributed by atoms with Crippen LogP contribution in [0.15, 0.2) is 6.07 Å². The molecule has 0 unspecified atom stereocenters. The van der Waals surface area contributed by atoms with E-state index in [4.69, 9.17) is 0 Å². The van der Waals surface area contributed by atoms with E-state index in [1.807, 2.05) is 4.57 Å². The SMILES string of the molecule is Cc1cc(-c2nnc3n2CCCCC3)nn1C(F)F. The molecule has 0 amide bonds. The van der Waals surface area contributed by atoms with Gasteiger partial charge in [-0.15, -0.1) is 10.2 Å². The third-order valence-corrected chi connectivity index (χ3v) is 3.45. The average molecular weight is 267 g/mol. The summed E-state index contributed by atoms with van der Waals surface area (Å²) in [6.07, 6.45) is 4.21. The smallest absolute Gasteiger partial charge is 0.310 e. The fourth-order valence-corrected chi connectivity index (χ4v) is 2.47.